The first-order valence-electron chi connectivity index (χ1n) is 9.32. The Balaban J connectivity index is 2.06. The van der Waals surface area contributed by atoms with Crippen molar-refractivity contribution in [3.8, 4) is 0 Å². The van der Waals surface area contributed by atoms with E-state index in [0.29, 0.717) is 11.3 Å². The van der Waals surface area contributed by atoms with Crippen LogP contribution in [0.1, 0.15) is 17.2 Å². The molecule has 0 radical (unpaired) electrons. The number of hydrogen-bond acceptors (Lipinski definition) is 6. The number of para-hydroxylation sites is 1. The molecule has 4 rings (SSSR count). The van der Waals surface area contributed by atoms with E-state index in [1.807, 2.05) is 48.5 Å². The number of amides is 1. The van der Waals surface area contributed by atoms with Crippen molar-refractivity contribution in [3.05, 3.63) is 65.7 Å². The molecule has 2 aromatic carbocycles. The van der Waals surface area contributed by atoms with Gasteiger partial charge in [0.25, 0.3) is 0 Å². The van der Waals surface area contributed by atoms with Gasteiger partial charge in [0.15, 0.2) is 0 Å². The lowest BCUT2D eigenvalue weighted by molar-refractivity contribution is -0.157. The number of ether oxygens (including phenoxy) is 2. The SMILES string of the molecule is COC(=O)[C@@H]1[C@H](C(=O)OC)N(C)[C@@H](c2ccccc2)[C@@]12C(=O)Nc1ccccc12. The maximum atomic E-state index is 13.6. The molecule has 1 N–H and O–H groups in total. The van der Waals surface area contributed by atoms with E-state index in [9.17, 15) is 14.4 Å². The molecule has 150 valence electrons. The van der Waals surface area contributed by atoms with Crippen molar-refractivity contribution >= 4 is 23.5 Å². The molecular weight excluding hydrogens is 372 g/mol. The molecule has 1 saturated heterocycles. The molecule has 0 aliphatic carbocycles. The fourth-order valence-corrected chi connectivity index (χ4v) is 5.02. The second kappa shape index (κ2) is 7.00. The van der Waals surface area contributed by atoms with Crippen molar-refractivity contribution in [3.63, 3.8) is 0 Å². The van der Waals surface area contributed by atoms with E-state index in [-0.39, 0.29) is 5.91 Å². The Hall–Kier alpha value is -3.19. The quantitative estimate of drug-likeness (QED) is 0.801. The van der Waals surface area contributed by atoms with Crippen molar-refractivity contribution in [2.75, 3.05) is 26.6 Å². The number of nitrogens with one attached hydrogen (secondary N) is 1. The number of carbonyl (C=O) groups excluding carboxylic acids is 3. The highest BCUT2D eigenvalue weighted by atomic mass is 16.5. The van der Waals surface area contributed by atoms with Crippen molar-refractivity contribution in [1.82, 2.24) is 4.90 Å². The third kappa shape index (κ3) is 2.50. The Morgan fingerprint density at radius 3 is 2.24 bits per heavy atom. The van der Waals surface area contributed by atoms with Gasteiger partial charge < -0.3 is 14.8 Å². The fraction of sp³-hybridized carbons (Fsp3) is 0.318. The van der Waals surface area contributed by atoms with Crippen LogP contribution >= 0.6 is 0 Å². The second-order valence-corrected chi connectivity index (χ2v) is 7.32. The molecule has 2 aromatic rings. The Bertz CT molecular complexity index is 976. The molecule has 7 nitrogen and oxygen atoms in total. The largest absolute Gasteiger partial charge is 0.469 e. The maximum Gasteiger partial charge on any atom is 0.324 e. The summed E-state index contributed by atoms with van der Waals surface area (Å²) in [6, 6.07) is 15.1. The van der Waals surface area contributed by atoms with Gasteiger partial charge in [-0.2, -0.15) is 0 Å². The molecule has 2 heterocycles. The van der Waals surface area contributed by atoms with Crippen LogP contribution in [0, 0.1) is 5.92 Å². The molecule has 29 heavy (non-hydrogen) atoms. The topological polar surface area (TPSA) is 84.9 Å². The van der Waals surface area contributed by atoms with Gasteiger partial charge in [0.05, 0.1) is 20.3 Å². The van der Waals surface area contributed by atoms with E-state index in [2.05, 4.69) is 5.32 Å². The summed E-state index contributed by atoms with van der Waals surface area (Å²) >= 11 is 0. The molecule has 0 bridgehead atoms. The Morgan fingerprint density at radius 1 is 0.966 bits per heavy atom. The third-order valence-corrected chi connectivity index (χ3v) is 6.09. The van der Waals surface area contributed by atoms with Gasteiger partial charge in [0.2, 0.25) is 5.91 Å². The summed E-state index contributed by atoms with van der Waals surface area (Å²) < 4.78 is 10.1. The number of anilines is 1. The number of methoxy groups -OCH3 is 2. The molecule has 1 fully saturated rings. The number of rotatable bonds is 3. The molecule has 0 unspecified atom stereocenters. The highest BCUT2D eigenvalue weighted by molar-refractivity contribution is 6.11. The predicted molar refractivity (Wildman–Crippen MR) is 105 cm³/mol. The van der Waals surface area contributed by atoms with Crippen LogP contribution in [-0.2, 0) is 29.3 Å². The van der Waals surface area contributed by atoms with Crippen LogP contribution in [0.3, 0.4) is 0 Å². The number of hydrogen-bond donors (Lipinski definition) is 1. The van der Waals surface area contributed by atoms with Gasteiger partial charge in [-0.1, -0.05) is 48.5 Å². The molecule has 2 aliphatic heterocycles. The average Bonchev–Trinajstić information content (AvgIpc) is 3.19. The number of likely N-dealkylation sites (N-methyl/N-ethyl adjacent to an activating group) is 1. The van der Waals surface area contributed by atoms with Crippen molar-refractivity contribution in [2.45, 2.75) is 17.5 Å². The predicted octanol–water partition coefficient (Wildman–Crippen LogP) is 1.89. The van der Waals surface area contributed by atoms with Gasteiger partial charge in [-0.25, -0.2) is 0 Å². The minimum atomic E-state index is -1.33. The van der Waals surface area contributed by atoms with Crippen LogP contribution in [-0.4, -0.2) is 50.1 Å². The van der Waals surface area contributed by atoms with E-state index in [1.54, 1.807) is 18.0 Å². The standard InChI is InChI=1S/C22H22N2O5/c1-24-17(20(26)29-3)16(19(25)28-2)22(18(24)13-9-5-4-6-10-13)14-11-7-8-12-15(14)23-21(22)27/h4-12,16-18H,1-3H3,(H,23,27)/t16-,17+,18-,22-/m0/s1. The lowest BCUT2D eigenvalue weighted by Gasteiger charge is -2.34. The van der Waals surface area contributed by atoms with E-state index in [1.165, 1.54) is 14.2 Å². The summed E-state index contributed by atoms with van der Waals surface area (Å²) in [7, 11) is 4.27. The zero-order valence-electron chi connectivity index (χ0n) is 16.4. The number of fused-ring (bicyclic) bond motifs is 2. The van der Waals surface area contributed by atoms with E-state index < -0.39 is 35.4 Å². The number of likely N-dealkylation sites (tertiary alicyclic amines) is 1. The van der Waals surface area contributed by atoms with Gasteiger partial charge in [0, 0.05) is 5.69 Å². The summed E-state index contributed by atoms with van der Waals surface area (Å²) in [5.74, 6) is -2.62. The maximum absolute atomic E-state index is 13.6. The van der Waals surface area contributed by atoms with Gasteiger partial charge in [-0.3, -0.25) is 19.3 Å². The molecule has 4 atom stereocenters. The Kier molecular flexibility index (Phi) is 4.62. The Morgan fingerprint density at radius 2 is 1.59 bits per heavy atom. The third-order valence-electron chi connectivity index (χ3n) is 6.09. The van der Waals surface area contributed by atoms with Crippen molar-refractivity contribution in [2.24, 2.45) is 5.92 Å². The van der Waals surface area contributed by atoms with E-state index >= 15 is 0 Å². The number of esters is 2. The molecule has 7 heteroatoms. The van der Waals surface area contributed by atoms with Gasteiger partial charge in [-0.05, 0) is 24.2 Å². The molecular formula is C22H22N2O5. The van der Waals surface area contributed by atoms with Crippen molar-refractivity contribution < 1.29 is 23.9 Å². The smallest absolute Gasteiger partial charge is 0.324 e. The molecule has 1 spiro atoms. The monoisotopic (exact) mass is 394 g/mol. The summed E-state index contributed by atoms with van der Waals surface area (Å²) in [6.07, 6.45) is 0. The van der Waals surface area contributed by atoms with Gasteiger partial charge >= 0.3 is 11.9 Å². The van der Waals surface area contributed by atoms with Crippen LogP contribution in [0.5, 0.6) is 0 Å². The highest BCUT2D eigenvalue weighted by Gasteiger charge is 2.70. The Labute approximate surface area is 168 Å². The minimum absolute atomic E-state index is 0.332. The molecule has 2 aliphatic rings. The molecule has 1 amide bonds. The average molecular weight is 394 g/mol. The van der Waals surface area contributed by atoms with Crippen LogP contribution in [0.25, 0.3) is 0 Å². The molecule has 0 aromatic heterocycles. The van der Waals surface area contributed by atoms with Crippen LogP contribution in [0.2, 0.25) is 0 Å². The lowest BCUT2D eigenvalue weighted by atomic mass is 9.65. The zero-order valence-corrected chi connectivity index (χ0v) is 16.4. The number of nitrogens with zero attached hydrogens (tertiary/aromatic N) is 1. The van der Waals surface area contributed by atoms with Crippen LogP contribution < -0.4 is 5.32 Å². The van der Waals surface area contributed by atoms with Gasteiger partial charge in [0.1, 0.15) is 17.4 Å². The zero-order chi connectivity index (χ0) is 20.8. The van der Waals surface area contributed by atoms with Crippen molar-refractivity contribution in [1.29, 1.82) is 0 Å². The van der Waals surface area contributed by atoms with Crippen LogP contribution in [0.4, 0.5) is 5.69 Å². The summed E-state index contributed by atoms with van der Waals surface area (Å²) in [6.45, 7) is 0. The first-order valence-corrected chi connectivity index (χ1v) is 9.32. The van der Waals surface area contributed by atoms with E-state index in [0.717, 1.165) is 5.56 Å². The van der Waals surface area contributed by atoms with Gasteiger partial charge in [-0.15, -0.1) is 0 Å². The normalized spacial score (nSPS) is 28.1. The highest BCUT2D eigenvalue weighted by Crippen LogP contribution is 2.59. The first-order chi connectivity index (χ1) is 14.0. The number of benzene rings is 2. The summed E-state index contributed by atoms with van der Waals surface area (Å²) in [4.78, 5) is 41.2. The minimum Gasteiger partial charge on any atom is -0.469 e. The molecule has 0 saturated carbocycles. The number of carbonyl (C=O) groups is 3. The lowest BCUT2D eigenvalue weighted by Crippen LogP contribution is -2.49. The van der Waals surface area contributed by atoms with Crippen LogP contribution in [0.15, 0.2) is 54.6 Å². The first kappa shape index (κ1) is 19.1. The fourth-order valence-electron chi connectivity index (χ4n) is 5.02. The summed E-state index contributed by atoms with van der Waals surface area (Å²) in [5, 5.41) is 2.91. The summed E-state index contributed by atoms with van der Waals surface area (Å²) in [5.41, 5.74) is 0.791. The van der Waals surface area contributed by atoms with E-state index in [4.69, 9.17) is 9.47 Å². The second-order valence-electron chi connectivity index (χ2n) is 7.32.